The minimum absolute atomic E-state index is 0.00929. The highest BCUT2D eigenvalue weighted by Gasteiger charge is 2.28. The number of amides is 1. The summed E-state index contributed by atoms with van der Waals surface area (Å²) in [6.45, 7) is 6.16. The van der Waals surface area contributed by atoms with E-state index in [1.165, 1.54) is 18.4 Å². The van der Waals surface area contributed by atoms with Crippen LogP contribution >= 0.6 is 0 Å². The fourth-order valence-electron chi connectivity index (χ4n) is 3.70. The van der Waals surface area contributed by atoms with Gasteiger partial charge >= 0.3 is 0 Å². The van der Waals surface area contributed by atoms with Crippen LogP contribution in [0.2, 0.25) is 0 Å². The van der Waals surface area contributed by atoms with Crippen molar-refractivity contribution in [1.82, 2.24) is 9.80 Å². The van der Waals surface area contributed by atoms with Crippen LogP contribution in [0, 0.1) is 5.82 Å². The average molecular weight is 373 g/mol. The molecule has 1 aromatic heterocycles. The third kappa shape index (κ3) is 4.31. The minimum atomic E-state index is -0.208. The van der Waals surface area contributed by atoms with Gasteiger partial charge in [0.05, 0.1) is 19.0 Å². The molecule has 7 heteroatoms. The van der Waals surface area contributed by atoms with Crippen molar-refractivity contribution in [3.63, 3.8) is 0 Å². The molecule has 3 heterocycles. The third-order valence-electron chi connectivity index (χ3n) is 5.18. The molecule has 0 saturated carbocycles. The topological polar surface area (TPSA) is 49.2 Å². The highest BCUT2D eigenvalue weighted by Crippen LogP contribution is 2.18. The first-order chi connectivity index (χ1) is 13.2. The van der Waals surface area contributed by atoms with Gasteiger partial charge in [-0.05, 0) is 36.4 Å². The zero-order chi connectivity index (χ0) is 18.6. The van der Waals surface area contributed by atoms with Crippen LogP contribution in [0.3, 0.4) is 0 Å². The van der Waals surface area contributed by atoms with E-state index >= 15 is 0 Å². The molecule has 1 amide bonds. The fraction of sp³-hybridized carbons (Fsp3) is 0.450. The number of carbonyl (C=O) groups is 1. The van der Waals surface area contributed by atoms with E-state index in [4.69, 9.17) is 9.15 Å². The maximum atomic E-state index is 13.1. The lowest BCUT2D eigenvalue weighted by molar-refractivity contribution is -0.0370. The van der Waals surface area contributed by atoms with E-state index in [9.17, 15) is 9.18 Å². The van der Waals surface area contributed by atoms with Gasteiger partial charge in [-0.3, -0.25) is 9.69 Å². The molecule has 0 radical (unpaired) electrons. The molecule has 6 nitrogen and oxygen atoms in total. The van der Waals surface area contributed by atoms with E-state index in [-0.39, 0.29) is 17.8 Å². The van der Waals surface area contributed by atoms with Gasteiger partial charge in [0.25, 0.3) is 5.91 Å². The molecule has 2 saturated heterocycles. The first-order valence-corrected chi connectivity index (χ1v) is 9.36. The van der Waals surface area contributed by atoms with Crippen LogP contribution in [0.1, 0.15) is 10.6 Å². The Bertz CT molecular complexity index is 742. The number of halogens is 1. The molecular formula is C20H24FN3O3. The Labute approximate surface area is 158 Å². The van der Waals surface area contributed by atoms with E-state index in [1.807, 2.05) is 17.0 Å². The number of ether oxygens (including phenoxy) is 1. The lowest BCUT2D eigenvalue weighted by atomic mass is 10.2. The standard InChI is InChI=1S/C20H24FN3O3/c21-16-3-5-17(6-4-16)23-9-7-22(8-10-23)14-18-15-24(11-13-26-18)20(25)19-2-1-12-27-19/h1-6,12,18H,7-11,13-15H2. The number of nitrogens with zero attached hydrogens (tertiary/aromatic N) is 3. The zero-order valence-corrected chi connectivity index (χ0v) is 15.2. The first kappa shape index (κ1) is 18.0. The number of carbonyl (C=O) groups excluding carboxylic acids is 1. The molecule has 27 heavy (non-hydrogen) atoms. The summed E-state index contributed by atoms with van der Waals surface area (Å²) in [5, 5.41) is 0. The Hall–Kier alpha value is -2.38. The second kappa shape index (κ2) is 8.10. The molecule has 2 aliphatic heterocycles. The number of hydrogen-bond donors (Lipinski definition) is 0. The van der Waals surface area contributed by atoms with Gasteiger partial charge in [-0.1, -0.05) is 0 Å². The van der Waals surface area contributed by atoms with Crippen molar-refractivity contribution in [2.45, 2.75) is 6.10 Å². The minimum Gasteiger partial charge on any atom is -0.459 e. The van der Waals surface area contributed by atoms with Gasteiger partial charge in [0.2, 0.25) is 0 Å². The quantitative estimate of drug-likeness (QED) is 0.821. The van der Waals surface area contributed by atoms with Crippen molar-refractivity contribution < 1.29 is 18.3 Å². The summed E-state index contributed by atoms with van der Waals surface area (Å²) in [7, 11) is 0. The van der Waals surface area contributed by atoms with Gasteiger partial charge in [0.15, 0.2) is 5.76 Å². The number of benzene rings is 1. The number of rotatable bonds is 4. The number of furan rings is 1. The summed E-state index contributed by atoms with van der Waals surface area (Å²) in [4.78, 5) is 18.9. The smallest absolute Gasteiger partial charge is 0.289 e. The summed E-state index contributed by atoms with van der Waals surface area (Å²) in [5.74, 6) is 0.0958. The van der Waals surface area contributed by atoms with Crippen LogP contribution in [0.25, 0.3) is 0 Å². The third-order valence-corrected chi connectivity index (χ3v) is 5.18. The molecule has 2 aliphatic rings. The maximum Gasteiger partial charge on any atom is 0.289 e. The van der Waals surface area contributed by atoms with Gasteiger partial charge in [-0.2, -0.15) is 0 Å². The highest BCUT2D eigenvalue weighted by molar-refractivity contribution is 5.91. The Morgan fingerprint density at radius 3 is 2.56 bits per heavy atom. The highest BCUT2D eigenvalue weighted by atomic mass is 19.1. The normalized spacial score (nSPS) is 21.4. The van der Waals surface area contributed by atoms with Gasteiger partial charge in [0.1, 0.15) is 5.82 Å². The Morgan fingerprint density at radius 2 is 1.85 bits per heavy atom. The predicted molar refractivity (Wildman–Crippen MR) is 99.4 cm³/mol. The molecule has 0 aliphatic carbocycles. The maximum absolute atomic E-state index is 13.1. The van der Waals surface area contributed by atoms with Crippen molar-refractivity contribution in [3.8, 4) is 0 Å². The molecule has 144 valence electrons. The van der Waals surface area contributed by atoms with E-state index < -0.39 is 0 Å². The van der Waals surface area contributed by atoms with Crippen molar-refractivity contribution in [3.05, 3.63) is 54.2 Å². The van der Waals surface area contributed by atoms with Crippen LogP contribution in [0.4, 0.5) is 10.1 Å². The summed E-state index contributed by atoms with van der Waals surface area (Å²) >= 11 is 0. The molecule has 0 N–H and O–H groups in total. The van der Waals surface area contributed by atoms with Gasteiger partial charge in [-0.25, -0.2) is 4.39 Å². The lowest BCUT2D eigenvalue weighted by Crippen LogP contribution is -2.53. The molecule has 4 rings (SSSR count). The monoisotopic (exact) mass is 373 g/mol. The number of anilines is 1. The SMILES string of the molecule is O=C(c1ccco1)N1CCOC(CN2CCN(c3ccc(F)cc3)CC2)C1. The van der Waals surface area contributed by atoms with E-state index in [2.05, 4.69) is 9.80 Å². The average Bonchev–Trinajstić information content (AvgIpc) is 3.24. The number of morpholine rings is 1. The van der Waals surface area contributed by atoms with Gasteiger partial charge in [-0.15, -0.1) is 0 Å². The van der Waals surface area contributed by atoms with Crippen molar-refractivity contribution in [2.75, 3.05) is 57.3 Å². The molecule has 1 unspecified atom stereocenters. The van der Waals surface area contributed by atoms with Crippen LogP contribution in [-0.4, -0.2) is 74.2 Å². The van der Waals surface area contributed by atoms with Crippen LogP contribution in [0.15, 0.2) is 47.1 Å². The Balaban J connectivity index is 1.27. The summed E-state index contributed by atoms with van der Waals surface area (Å²) in [6.07, 6.45) is 1.53. The van der Waals surface area contributed by atoms with Gasteiger partial charge < -0.3 is 19.0 Å². The molecular weight excluding hydrogens is 349 g/mol. The van der Waals surface area contributed by atoms with Crippen LogP contribution < -0.4 is 4.90 Å². The van der Waals surface area contributed by atoms with Crippen LogP contribution in [0.5, 0.6) is 0 Å². The Morgan fingerprint density at radius 1 is 1.07 bits per heavy atom. The van der Waals surface area contributed by atoms with Crippen LogP contribution in [-0.2, 0) is 4.74 Å². The first-order valence-electron chi connectivity index (χ1n) is 9.36. The molecule has 0 spiro atoms. The van der Waals surface area contributed by atoms with E-state index in [1.54, 1.807) is 12.1 Å². The lowest BCUT2D eigenvalue weighted by Gasteiger charge is -2.39. The largest absolute Gasteiger partial charge is 0.459 e. The second-order valence-corrected chi connectivity index (χ2v) is 6.99. The van der Waals surface area contributed by atoms with Gasteiger partial charge in [0, 0.05) is 51.5 Å². The molecule has 0 bridgehead atoms. The van der Waals surface area contributed by atoms with Crippen molar-refractivity contribution in [1.29, 1.82) is 0 Å². The number of hydrogen-bond acceptors (Lipinski definition) is 5. The van der Waals surface area contributed by atoms with Crippen molar-refractivity contribution >= 4 is 11.6 Å². The number of piperazine rings is 1. The summed E-state index contributed by atoms with van der Waals surface area (Å²) in [6, 6.07) is 10.1. The molecule has 2 aromatic rings. The fourth-order valence-corrected chi connectivity index (χ4v) is 3.70. The zero-order valence-electron chi connectivity index (χ0n) is 15.2. The Kier molecular flexibility index (Phi) is 5.40. The molecule has 1 aromatic carbocycles. The predicted octanol–water partition coefficient (Wildman–Crippen LogP) is 2.08. The molecule has 2 fully saturated rings. The van der Waals surface area contributed by atoms with Crippen molar-refractivity contribution in [2.24, 2.45) is 0 Å². The van der Waals surface area contributed by atoms with E-state index in [0.29, 0.717) is 25.5 Å². The second-order valence-electron chi connectivity index (χ2n) is 6.99. The summed E-state index contributed by atoms with van der Waals surface area (Å²) in [5.41, 5.74) is 1.06. The van der Waals surface area contributed by atoms with E-state index in [0.717, 1.165) is 38.4 Å². The summed E-state index contributed by atoms with van der Waals surface area (Å²) < 4.78 is 24.2. The molecule has 1 atom stereocenters.